The molecule has 1 amide bonds. The minimum absolute atomic E-state index is 0.256. The largest absolute Gasteiger partial charge is 0.323 e. The van der Waals surface area contributed by atoms with Gasteiger partial charge < -0.3 is 10.2 Å². The minimum Gasteiger partial charge on any atom is -0.323 e. The number of carbonyl (C=O) groups is 1. The zero-order valence-corrected chi connectivity index (χ0v) is 15.5. The van der Waals surface area contributed by atoms with Gasteiger partial charge in [-0.15, -0.1) is 0 Å². The van der Waals surface area contributed by atoms with Crippen LogP contribution >= 0.6 is 0 Å². The molecule has 2 rings (SSSR count). The first-order valence-corrected chi connectivity index (χ1v) is 9.76. The third-order valence-corrected chi connectivity index (χ3v) is 4.99. The summed E-state index contributed by atoms with van der Waals surface area (Å²) in [6.45, 7) is 1.47. The lowest BCUT2D eigenvalue weighted by Crippen LogP contribution is -2.23. The molecule has 26 heavy (non-hydrogen) atoms. The molecule has 8 nitrogen and oxygen atoms in total. The van der Waals surface area contributed by atoms with Crippen LogP contribution in [0.5, 0.6) is 0 Å². The van der Waals surface area contributed by atoms with Gasteiger partial charge in [-0.3, -0.25) is 9.48 Å². The fraction of sp³-hybridized carbons (Fsp3) is 0.353. The van der Waals surface area contributed by atoms with Gasteiger partial charge in [-0.05, 0) is 31.8 Å². The Hall–Kier alpha value is -2.70. The van der Waals surface area contributed by atoms with E-state index >= 15 is 0 Å². The molecule has 138 valence electrons. The molecule has 1 N–H and O–H groups in total. The number of hydrogen-bond acceptors (Lipinski definition) is 6. The van der Waals surface area contributed by atoms with Crippen molar-refractivity contribution in [1.29, 1.82) is 5.26 Å². The second kappa shape index (κ2) is 8.60. The van der Waals surface area contributed by atoms with Crippen molar-refractivity contribution in [2.75, 3.05) is 31.7 Å². The highest BCUT2D eigenvalue weighted by molar-refractivity contribution is 7.91. The van der Waals surface area contributed by atoms with Crippen molar-refractivity contribution in [1.82, 2.24) is 14.7 Å². The number of rotatable bonds is 8. The van der Waals surface area contributed by atoms with Gasteiger partial charge in [0.2, 0.25) is 5.91 Å². The van der Waals surface area contributed by atoms with Crippen LogP contribution in [0.1, 0.15) is 11.1 Å². The van der Waals surface area contributed by atoms with Crippen LogP contribution in [0.4, 0.5) is 5.69 Å². The molecule has 0 radical (unpaired) electrons. The summed E-state index contributed by atoms with van der Waals surface area (Å²) in [5, 5.41) is 15.4. The van der Waals surface area contributed by atoms with Gasteiger partial charge in [0, 0.05) is 12.7 Å². The Bertz CT molecular complexity index is 895. The molecule has 0 atom stereocenters. The minimum atomic E-state index is -3.62. The van der Waals surface area contributed by atoms with E-state index in [4.69, 9.17) is 5.26 Å². The Morgan fingerprint density at radius 3 is 2.62 bits per heavy atom. The summed E-state index contributed by atoms with van der Waals surface area (Å²) in [6.07, 6.45) is 3.15. The molecule has 0 aliphatic carbocycles. The SMILES string of the molecule is CN(C)CCn1cc(NC(=O)CS(=O)(=O)Cc2ccc(C#N)cc2)cn1. The summed E-state index contributed by atoms with van der Waals surface area (Å²) in [5.41, 5.74) is 1.45. The molecule has 0 aliphatic heterocycles. The third kappa shape index (κ3) is 6.31. The average Bonchev–Trinajstić information content (AvgIpc) is 3.00. The normalized spacial score (nSPS) is 11.3. The summed E-state index contributed by atoms with van der Waals surface area (Å²) < 4.78 is 26.1. The van der Waals surface area contributed by atoms with Gasteiger partial charge >= 0.3 is 0 Å². The van der Waals surface area contributed by atoms with E-state index in [1.54, 1.807) is 35.1 Å². The molecule has 1 aromatic carbocycles. The van der Waals surface area contributed by atoms with Gasteiger partial charge in [-0.25, -0.2) is 8.42 Å². The topological polar surface area (TPSA) is 108 Å². The van der Waals surface area contributed by atoms with Crippen LogP contribution in [-0.2, 0) is 26.9 Å². The summed E-state index contributed by atoms with van der Waals surface area (Å²) in [4.78, 5) is 14.0. The van der Waals surface area contributed by atoms with Crippen molar-refractivity contribution >= 4 is 21.4 Å². The molecule has 0 saturated carbocycles. The van der Waals surface area contributed by atoms with Gasteiger partial charge in [0.15, 0.2) is 9.84 Å². The van der Waals surface area contributed by atoms with Crippen LogP contribution in [0, 0.1) is 11.3 Å². The standard InChI is InChI=1S/C17H21N5O3S/c1-21(2)7-8-22-11-16(10-19-22)20-17(23)13-26(24,25)12-15-5-3-14(9-18)4-6-15/h3-6,10-11H,7-8,12-13H2,1-2H3,(H,20,23). The van der Waals surface area contributed by atoms with Crippen LogP contribution in [0.3, 0.4) is 0 Å². The maximum Gasteiger partial charge on any atom is 0.239 e. The maximum atomic E-state index is 12.2. The van der Waals surface area contributed by atoms with E-state index in [1.165, 1.54) is 6.20 Å². The lowest BCUT2D eigenvalue weighted by atomic mass is 10.2. The predicted octanol–water partition coefficient (Wildman–Crippen LogP) is 0.870. The second-order valence-corrected chi connectivity index (χ2v) is 8.25. The van der Waals surface area contributed by atoms with E-state index in [0.29, 0.717) is 23.4 Å². The molecular formula is C17H21N5O3S. The van der Waals surface area contributed by atoms with Crippen molar-refractivity contribution in [3.05, 3.63) is 47.8 Å². The molecule has 0 saturated heterocycles. The van der Waals surface area contributed by atoms with Crippen molar-refractivity contribution in [3.8, 4) is 6.07 Å². The number of nitriles is 1. The highest BCUT2D eigenvalue weighted by Crippen LogP contribution is 2.10. The first-order chi connectivity index (χ1) is 12.3. The van der Waals surface area contributed by atoms with Gasteiger partial charge in [-0.1, -0.05) is 12.1 Å². The second-order valence-electron chi connectivity index (χ2n) is 6.18. The van der Waals surface area contributed by atoms with E-state index in [-0.39, 0.29) is 5.75 Å². The first kappa shape index (κ1) is 19.6. The fourth-order valence-corrected chi connectivity index (χ4v) is 3.50. The quantitative estimate of drug-likeness (QED) is 0.733. The molecule has 0 spiro atoms. The monoisotopic (exact) mass is 375 g/mol. The molecular weight excluding hydrogens is 354 g/mol. The van der Waals surface area contributed by atoms with Crippen molar-refractivity contribution in [2.45, 2.75) is 12.3 Å². The van der Waals surface area contributed by atoms with E-state index in [1.807, 2.05) is 25.1 Å². The smallest absolute Gasteiger partial charge is 0.239 e. The van der Waals surface area contributed by atoms with Crippen LogP contribution in [0.25, 0.3) is 0 Å². The Morgan fingerprint density at radius 1 is 1.31 bits per heavy atom. The third-order valence-electron chi connectivity index (χ3n) is 3.51. The van der Waals surface area contributed by atoms with Crippen LogP contribution in [0.2, 0.25) is 0 Å². The molecule has 0 bridgehead atoms. The predicted molar refractivity (Wildman–Crippen MR) is 98.1 cm³/mol. The van der Waals surface area contributed by atoms with E-state index in [2.05, 4.69) is 10.4 Å². The number of nitrogens with one attached hydrogen (secondary N) is 1. The van der Waals surface area contributed by atoms with E-state index in [9.17, 15) is 13.2 Å². The summed E-state index contributed by atoms with van der Waals surface area (Å²) in [7, 11) is 0.282. The van der Waals surface area contributed by atoms with Gasteiger partial charge in [0.1, 0.15) is 5.75 Å². The highest BCUT2D eigenvalue weighted by atomic mass is 32.2. The molecule has 1 aromatic heterocycles. The number of aromatic nitrogens is 2. The zero-order valence-electron chi connectivity index (χ0n) is 14.7. The van der Waals surface area contributed by atoms with Crippen molar-refractivity contribution in [3.63, 3.8) is 0 Å². The Morgan fingerprint density at radius 2 is 2.00 bits per heavy atom. The number of amides is 1. The molecule has 0 aliphatic rings. The molecule has 0 fully saturated rings. The zero-order chi connectivity index (χ0) is 19.2. The molecule has 9 heteroatoms. The number of hydrogen-bond donors (Lipinski definition) is 1. The number of anilines is 1. The Balaban J connectivity index is 1.90. The molecule has 1 heterocycles. The summed E-state index contributed by atoms with van der Waals surface area (Å²) in [5.74, 6) is -1.48. The summed E-state index contributed by atoms with van der Waals surface area (Å²) in [6, 6.07) is 8.21. The maximum absolute atomic E-state index is 12.2. The van der Waals surface area contributed by atoms with Crippen LogP contribution < -0.4 is 5.32 Å². The van der Waals surface area contributed by atoms with E-state index in [0.717, 1.165) is 6.54 Å². The fourth-order valence-electron chi connectivity index (χ4n) is 2.23. The highest BCUT2D eigenvalue weighted by Gasteiger charge is 2.18. The lowest BCUT2D eigenvalue weighted by molar-refractivity contribution is -0.113. The molecule has 0 unspecified atom stereocenters. The molecule has 2 aromatic rings. The summed E-state index contributed by atoms with van der Waals surface area (Å²) >= 11 is 0. The van der Waals surface area contributed by atoms with Gasteiger partial charge in [0.25, 0.3) is 0 Å². The Kier molecular flexibility index (Phi) is 6.49. The van der Waals surface area contributed by atoms with Crippen LogP contribution in [-0.4, -0.2) is 55.4 Å². The number of nitrogens with zero attached hydrogens (tertiary/aromatic N) is 4. The van der Waals surface area contributed by atoms with Crippen molar-refractivity contribution < 1.29 is 13.2 Å². The number of likely N-dealkylation sites (N-methyl/N-ethyl adjacent to an activating group) is 1. The van der Waals surface area contributed by atoms with Gasteiger partial charge in [0.05, 0.1) is 35.8 Å². The van der Waals surface area contributed by atoms with Crippen molar-refractivity contribution in [2.24, 2.45) is 0 Å². The lowest BCUT2D eigenvalue weighted by Gasteiger charge is -2.08. The number of sulfone groups is 1. The average molecular weight is 375 g/mol. The first-order valence-electron chi connectivity index (χ1n) is 7.94. The van der Waals surface area contributed by atoms with Gasteiger partial charge in [-0.2, -0.15) is 10.4 Å². The van der Waals surface area contributed by atoms with Crippen LogP contribution in [0.15, 0.2) is 36.7 Å². The Labute approximate surface area is 153 Å². The van der Waals surface area contributed by atoms with E-state index < -0.39 is 21.5 Å². The number of carbonyl (C=O) groups excluding carboxylic acids is 1. The number of benzene rings is 1.